The van der Waals surface area contributed by atoms with Gasteiger partial charge in [-0.3, -0.25) is 4.79 Å². The molecule has 2 rings (SSSR count). The van der Waals surface area contributed by atoms with Crippen LogP contribution in [0.1, 0.15) is 65.2 Å². The summed E-state index contributed by atoms with van der Waals surface area (Å²) in [6.45, 7) is 7.07. The van der Waals surface area contributed by atoms with E-state index in [1.165, 1.54) is 32.1 Å². The SMILES string of the molecule is CC(C)C(CC1CCCCC1)C(=O)N1CCC(CN)CC1.Cl. The first kappa shape index (κ1) is 19.8. The van der Waals surface area contributed by atoms with E-state index >= 15 is 0 Å². The van der Waals surface area contributed by atoms with Gasteiger partial charge in [0.2, 0.25) is 5.91 Å². The summed E-state index contributed by atoms with van der Waals surface area (Å²) in [6.07, 6.45) is 10.1. The highest BCUT2D eigenvalue weighted by Gasteiger charge is 2.31. The van der Waals surface area contributed by atoms with Crippen molar-refractivity contribution in [3.05, 3.63) is 0 Å². The van der Waals surface area contributed by atoms with Crippen molar-refractivity contribution >= 4 is 18.3 Å². The highest BCUT2D eigenvalue weighted by atomic mass is 35.5. The second kappa shape index (κ2) is 9.77. The zero-order valence-electron chi connectivity index (χ0n) is 14.4. The number of likely N-dealkylation sites (tertiary alicyclic amines) is 1. The topological polar surface area (TPSA) is 46.3 Å². The highest BCUT2D eigenvalue weighted by molar-refractivity contribution is 5.85. The van der Waals surface area contributed by atoms with E-state index in [2.05, 4.69) is 18.7 Å². The number of piperidine rings is 1. The minimum Gasteiger partial charge on any atom is -0.342 e. The van der Waals surface area contributed by atoms with Crippen LogP contribution < -0.4 is 5.73 Å². The van der Waals surface area contributed by atoms with Crippen LogP contribution in [-0.2, 0) is 4.79 Å². The van der Waals surface area contributed by atoms with Crippen LogP contribution in [0.4, 0.5) is 0 Å². The molecule has 2 N–H and O–H groups in total. The molecule has 0 aromatic rings. The normalized spacial score (nSPS) is 22.5. The first-order valence-corrected chi connectivity index (χ1v) is 9.10. The lowest BCUT2D eigenvalue weighted by molar-refractivity contribution is -0.139. The fourth-order valence-electron chi connectivity index (χ4n) is 4.06. The van der Waals surface area contributed by atoms with Gasteiger partial charge in [0.15, 0.2) is 0 Å². The molecule has 1 aliphatic carbocycles. The quantitative estimate of drug-likeness (QED) is 0.832. The maximum Gasteiger partial charge on any atom is 0.225 e. The second-order valence-electron chi connectivity index (χ2n) is 7.59. The largest absolute Gasteiger partial charge is 0.342 e. The Morgan fingerprint density at radius 3 is 2.14 bits per heavy atom. The number of carbonyl (C=O) groups is 1. The van der Waals surface area contributed by atoms with Crippen LogP contribution >= 0.6 is 12.4 Å². The summed E-state index contributed by atoms with van der Waals surface area (Å²) in [5.41, 5.74) is 5.75. The summed E-state index contributed by atoms with van der Waals surface area (Å²) in [5, 5.41) is 0. The third-order valence-corrected chi connectivity index (χ3v) is 5.69. The molecule has 1 atom stereocenters. The minimum atomic E-state index is 0. The van der Waals surface area contributed by atoms with E-state index in [4.69, 9.17) is 5.73 Å². The van der Waals surface area contributed by atoms with E-state index in [9.17, 15) is 4.79 Å². The molecule has 0 bridgehead atoms. The van der Waals surface area contributed by atoms with Gasteiger partial charge in [-0.05, 0) is 43.6 Å². The van der Waals surface area contributed by atoms with Crippen molar-refractivity contribution in [2.24, 2.45) is 29.4 Å². The van der Waals surface area contributed by atoms with Crippen LogP contribution in [0.3, 0.4) is 0 Å². The first-order chi connectivity index (χ1) is 10.1. The molecule has 0 spiro atoms. The van der Waals surface area contributed by atoms with Gasteiger partial charge in [0.05, 0.1) is 0 Å². The van der Waals surface area contributed by atoms with E-state index < -0.39 is 0 Å². The number of hydrogen-bond donors (Lipinski definition) is 1. The average molecular weight is 331 g/mol. The molecule has 2 fully saturated rings. The molecule has 1 saturated heterocycles. The lowest BCUT2D eigenvalue weighted by atomic mass is 9.78. The summed E-state index contributed by atoms with van der Waals surface area (Å²) >= 11 is 0. The molecule has 3 nitrogen and oxygen atoms in total. The van der Waals surface area contributed by atoms with Crippen molar-refractivity contribution < 1.29 is 4.79 Å². The molecule has 0 aromatic carbocycles. The zero-order valence-corrected chi connectivity index (χ0v) is 15.2. The fraction of sp³-hybridized carbons (Fsp3) is 0.944. The maximum atomic E-state index is 12.9. The Kier molecular flexibility index (Phi) is 8.78. The van der Waals surface area contributed by atoms with Gasteiger partial charge in [-0.2, -0.15) is 0 Å². The molecule has 1 saturated carbocycles. The van der Waals surface area contributed by atoms with Gasteiger partial charge in [0, 0.05) is 19.0 Å². The zero-order chi connectivity index (χ0) is 15.2. The van der Waals surface area contributed by atoms with Crippen molar-refractivity contribution in [3.8, 4) is 0 Å². The molecule has 1 unspecified atom stereocenters. The highest BCUT2D eigenvalue weighted by Crippen LogP contribution is 2.33. The van der Waals surface area contributed by atoms with Crippen molar-refractivity contribution in [2.45, 2.75) is 65.2 Å². The lowest BCUT2D eigenvalue weighted by Crippen LogP contribution is -2.44. The van der Waals surface area contributed by atoms with Gasteiger partial charge in [-0.25, -0.2) is 0 Å². The van der Waals surface area contributed by atoms with Crippen molar-refractivity contribution in [1.29, 1.82) is 0 Å². The molecule has 130 valence electrons. The summed E-state index contributed by atoms with van der Waals surface area (Å²) in [6, 6.07) is 0. The monoisotopic (exact) mass is 330 g/mol. The van der Waals surface area contributed by atoms with Crippen molar-refractivity contribution in [2.75, 3.05) is 19.6 Å². The Hall–Kier alpha value is -0.280. The molecular formula is C18H35ClN2O. The minimum absolute atomic E-state index is 0. The van der Waals surface area contributed by atoms with Gasteiger partial charge < -0.3 is 10.6 Å². The average Bonchev–Trinajstić information content (AvgIpc) is 2.53. The summed E-state index contributed by atoms with van der Waals surface area (Å²) in [7, 11) is 0. The number of rotatable bonds is 5. The Bertz CT molecular complexity index is 321. The second-order valence-corrected chi connectivity index (χ2v) is 7.59. The van der Waals surface area contributed by atoms with Gasteiger partial charge in [0.1, 0.15) is 0 Å². The number of carbonyl (C=O) groups excluding carboxylic acids is 1. The first-order valence-electron chi connectivity index (χ1n) is 9.10. The molecule has 0 aromatic heterocycles. The predicted molar refractivity (Wildman–Crippen MR) is 95.1 cm³/mol. The van der Waals surface area contributed by atoms with E-state index in [-0.39, 0.29) is 18.3 Å². The van der Waals surface area contributed by atoms with Crippen LogP contribution in [0.5, 0.6) is 0 Å². The van der Waals surface area contributed by atoms with Crippen LogP contribution in [0.25, 0.3) is 0 Å². The molecular weight excluding hydrogens is 296 g/mol. The maximum absolute atomic E-state index is 12.9. The van der Waals surface area contributed by atoms with Gasteiger partial charge in [-0.1, -0.05) is 46.0 Å². The molecule has 4 heteroatoms. The third kappa shape index (κ3) is 5.42. The summed E-state index contributed by atoms with van der Waals surface area (Å²) in [4.78, 5) is 15.0. The van der Waals surface area contributed by atoms with Crippen molar-refractivity contribution in [3.63, 3.8) is 0 Å². The number of amides is 1. The van der Waals surface area contributed by atoms with Crippen LogP contribution in [-0.4, -0.2) is 30.4 Å². The Labute approximate surface area is 142 Å². The molecule has 2 aliphatic rings. The number of halogens is 1. The van der Waals surface area contributed by atoms with Crippen LogP contribution in [0.2, 0.25) is 0 Å². The molecule has 1 aliphatic heterocycles. The summed E-state index contributed by atoms with van der Waals surface area (Å²) < 4.78 is 0. The third-order valence-electron chi connectivity index (χ3n) is 5.69. The Morgan fingerprint density at radius 1 is 1.05 bits per heavy atom. The van der Waals surface area contributed by atoms with Gasteiger partial charge >= 0.3 is 0 Å². The predicted octanol–water partition coefficient (Wildman–Crippen LogP) is 3.85. The lowest BCUT2D eigenvalue weighted by Gasteiger charge is -2.36. The van der Waals surface area contributed by atoms with E-state index in [0.29, 0.717) is 17.7 Å². The van der Waals surface area contributed by atoms with E-state index in [1.807, 2.05) is 0 Å². The Morgan fingerprint density at radius 2 is 1.64 bits per heavy atom. The Balaban J connectivity index is 0.00000242. The van der Waals surface area contributed by atoms with E-state index in [1.54, 1.807) is 0 Å². The smallest absolute Gasteiger partial charge is 0.225 e. The van der Waals surface area contributed by atoms with Gasteiger partial charge in [-0.15, -0.1) is 12.4 Å². The van der Waals surface area contributed by atoms with Crippen LogP contribution in [0, 0.1) is 23.7 Å². The number of hydrogen-bond acceptors (Lipinski definition) is 2. The molecule has 22 heavy (non-hydrogen) atoms. The molecule has 1 amide bonds. The van der Waals surface area contributed by atoms with Crippen LogP contribution in [0.15, 0.2) is 0 Å². The number of nitrogens with two attached hydrogens (primary N) is 1. The standard InChI is InChI=1S/C18H34N2O.ClH/c1-14(2)17(12-15-6-4-3-5-7-15)18(21)20-10-8-16(13-19)9-11-20;/h14-17H,3-13,19H2,1-2H3;1H. The van der Waals surface area contributed by atoms with Crippen molar-refractivity contribution in [1.82, 2.24) is 4.90 Å². The van der Waals surface area contributed by atoms with Gasteiger partial charge in [0.25, 0.3) is 0 Å². The molecule has 0 radical (unpaired) electrons. The fourth-order valence-corrected chi connectivity index (χ4v) is 4.06. The summed E-state index contributed by atoms with van der Waals surface area (Å²) in [5.74, 6) is 2.54. The number of nitrogens with zero attached hydrogens (tertiary/aromatic N) is 1. The molecule has 1 heterocycles. The van der Waals surface area contributed by atoms with E-state index in [0.717, 1.165) is 44.8 Å².